The number of hydrogen-bond acceptors (Lipinski definition) is 4. The summed E-state index contributed by atoms with van der Waals surface area (Å²) in [5.74, 6) is 1.07. The summed E-state index contributed by atoms with van der Waals surface area (Å²) in [6.45, 7) is 4.38. The van der Waals surface area contributed by atoms with E-state index in [9.17, 15) is 13.2 Å². The molecule has 1 aromatic carbocycles. The first kappa shape index (κ1) is 16.9. The number of sulfonamides is 1. The zero-order valence-electron chi connectivity index (χ0n) is 15.0. The summed E-state index contributed by atoms with van der Waals surface area (Å²) in [5.41, 5.74) is 0.538. The third-order valence-corrected chi connectivity index (χ3v) is 9.11. The lowest BCUT2D eigenvalue weighted by molar-refractivity contribution is -0.128. The normalized spacial score (nSPS) is 34.1. The Morgan fingerprint density at radius 1 is 1.28 bits per heavy atom. The van der Waals surface area contributed by atoms with Crippen molar-refractivity contribution in [2.45, 2.75) is 45.6 Å². The molecule has 1 aromatic rings. The summed E-state index contributed by atoms with van der Waals surface area (Å²) < 4.78 is 32.1. The highest BCUT2D eigenvalue weighted by Gasteiger charge is 2.72. The van der Waals surface area contributed by atoms with Crippen molar-refractivity contribution < 1.29 is 17.9 Å². The topological polar surface area (TPSA) is 63.7 Å². The first-order valence-corrected chi connectivity index (χ1v) is 10.5. The smallest absolute Gasteiger partial charge is 0.240 e. The van der Waals surface area contributed by atoms with Gasteiger partial charge in [-0.2, -0.15) is 0 Å². The lowest BCUT2D eigenvalue weighted by Crippen LogP contribution is -2.44. The summed E-state index contributed by atoms with van der Waals surface area (Å²) in [6.07, 6.45) is 2.93. The fourth-order valence-electron chi connectivity index (χ4n) is 5.61. The van der Waals surface area contributed by atoms with E-state index in [-0.39, 0.29) is 35.0 Å². The number of carbonyl (C=O) groups excluding carboxylic acids is 1. The molecule has 3 aliphatic rings. The van der Waals surface area contributed by atoms with Crippen LogP contribution in [0.4, 0.5) is 0 Å². The van der Waals surface area contributed by atoms with Crippen molar-refractivity contribution in [2.24, 2.45) is 16.7 Å². The monoisotopic (exact) mass is 363 g/mol. The Hall–Kier alpha value is -1.56. The van der Waals surface area contributed by atoms with Crippen molar-refractivity contribution in [3.63, 3.8) is 0 Å². The van der Waals surface area contributed by atoms with Crippen LogP contribution < -0.4 is 4.74 Å². The van der Waals surface area contributed by atoms with Gasteiger partial charge in [-0.15, -0.1) is 0 Å². The maximum Gasteiger partial charge on any atom is 0.240 e. The largest absolute Gasteiger partial charge is 0.497 e. The molecule has 1 saturated heterocycles. The highest BCUT2D eigenvalue weighted by Crippen LogP contribution is 2.69. The minimum absolute atomic E-state index is 0.0140. The van der Waals surface area contributed by atoms with Crippen molar-refractivity contribution in [1.82, 2.24) is 4.31 Å². The second-order valence-corrected chi connectivity index (χ2v) is 10.2. The number of rotatable bonds is 3. The molecule has 0 aromatic heterocycles. The van der Waals surface area contributed by atoms with E-state index in [1.54, 1.807) is 19.2 Å². The zero-order valence-corrected chi connectivity index (χ0v) is 15.8. The van der Waals surface area contributed by atoms with Gasteiger partial charge in [0.1, 0.15) is 5.75 Å². The Balaban J connectivity index is 1.62. The molecule has 1 amide bonds. The summed E-state index contributed by atoms with van der Waals surface area (Å²) in [4.78, 5) is 12.9. The number of ether oxygens (including phenoxy) is 1. The zero-order chi connectivity index (χ0) is 18.0. The van der Waals surface area contributed by atoms with Crippen molar-refractivity contribution in [3.8, 4) is 5.75 Å². The minimum atomic E-state index is -3.53. The van der Waals surface area contributed by atoms with Crippen LogP contribution in [-0.2, 0) is 21.2 Å². The predicted molar refractivity (Wildman–Crippen MR) is 94.7 cm³/mol. The first-order chi connectivity index (χ1) is 11.7. The highest BCUT2D eigenvalue weighted by atomic mass is 32.2. The van der Waals surface area contributed by atoms with E-state index in [0.29, 0.717) is 5.92 Å². The second-order valence-electron chi connectivity index (χ2n) is 8.34. The van der Waals surface area contributed by atoms with Gasteiger partial charge in [0.15, 0.2) is 0 Å². The maximum atomic E-state index is 12.9. The van der Waals surface area contributed by atoms with E-state index in [1.165, 1.54) is 4.31 Å². The van der Waals surface area contributed by atoms with Gasteiger partial charge < -0.3 is 4.74 Å². The Morgan fingerprint density at radius 3 is 2.56 bits per heavy atom. The van der Waals surface area contributed by atoms with Crippen LogP contribution in [0, 0.1) is 16.7 Å². The predicted octanol–water partition coefficient (Wildman–Crippen LogP) is 2.60. The quantitative estimate of drug-likeness (QED) is 0.828. The number of methoxy groups -OCH3 is 1. The molecule has 2 aliphatic carbocycles. The number of hydrogen-bond donors (Lipinski definition) is 0. The van der Waals surface area contributed by atoms with E-state index < -0.39 is 10.0 Å². The fraction of sp³-hybridized carbons (Fsp3) is 0.632. The van der Waals surface area contributed by atoms with Gasteiger partial charge in [-0.1, -0.05) is 26.0 Å². The van der Waals surface area contributed by atoms with Crippen LogP contribution in [0.3, 0.4) is 0 Å². The molecule has 1 aliphatic heterocycles. The molecular weight excluding hydrogens is 338 g/mol. The molecule has 1 spiro atoms. The van der Waals surface area contributed by atoms with Gasteiger partial charge in [-0.3, -0.25) is 4.79 Å². The van der Waals surface area contributed by atoms with Gasteiger partial charge >= 0.3 is 0 Å². The molecule has 4 rings (SSSR count). The van der Waals surface area contributed by atoms with Crippen LogP contribution >= 0.6 is 0 Å². The van der Waals surface area contributed by atoms with Gasteiger partial charge in [-0.05, 0) is 48.3 Å². The highest BCUT2D eigenvalue weighted by molar-refractivity contribution is 7.90. The van der Waals surface area contributed by atoms with Crippen molar-refractivity contribution in [3.05, 3.63) is 29.8 Å². The van der Waals surface area contributed by atoms with E-state index in [4.69, 9.17) is 4.74 Å². The second kappa shape index (κ2) is 5.22. The summed E-state index contributed by atoms with van der Waals surface area (Å²) in [5, 5.41) is 0. The van der Waals surface area contributed by atoms with Gasteiger partial charge in [-0.25, -0.2) is 12.7 Å². The number of carbonyl (C=O) groups is 1. The van der Waals surface area contributed by atoms with Crippen LogP contribution in [0.1, 0.15) is 38.7 Å². The van der Waals surface area contributed by atoms with E-state index >= 15 is 0 Å². The lowest BCUT2D eigenvalue weighted by Gasteiger charge is -2.37. The molecule has 2 saturated carbocycles. The molecule has 136 valence electrons. The van der Waals surface area contributed by atoms with Crippen LogP contribution in [0.15, 0.2) is 24.3 Å². The molecule has 0 unspecified atom stereocenters. The lowest BCUT2D eigenvalue weighted by atomic mass is 9.69. The summed E-state index contributed by atoms with van der Waals surface area (Å²) in [6, 6.07) is 7.07. The standard InChI is InChI=1S/C19H25NO4S/c1-18(2)14-8-9-19(18)12-25(22,23)20(16(19)11-14)17(21)10-13-4-6-15(24-3)7-5-13/h4-7,14,16H,8-12H2,1-3H3/t14-,16-,19-/m1/s1. The van der Waals surface area contributed by atoms with Crippen LogP contribution in [0.2, 0.25) is 0 Å². The molecule has 5 nitrogen and oxygen atoms in total. The van der Waals surface area contributed by atoms with E-state index in [1.807, 2.05) is 12.1 Å². The average molecular weight is 363 g/mol. The SMILES string of the molecule is COc1ccc(CC(=O)N2[C@@H]3C[C@H]4CC[C@]3(CS2(=O)=O)C4(C)C)cc1. The third-order valence-electron chi connectivity index (χ3n) is 7.17. The molecule has 0 N–H and O–H groups in total. The molecule has 25 heavy (non-hydrogen) atoms. The first-order valence-electron chi connectivity index (χ1n) is 8.89. The average Bonchev–Trinajstić information content (AvgIpc) is 3.02. The molecule has 6 heteroatoms. The van der Waals surface area contributed by atoms with Crippen molar-refractivity contribution >= 4 is 15.9 Å². The van der Waals surface area contributed by atoms with Crippen molar-refractivity contribution in [1.29, 1.82) is 0 Å². The summed E-state index contributed by atoms with van der Waals surface area (Å²) in [7, 11) is -1.94. The Morgan fingerprint density at radius 2 is 1.96 bits per heavy atom. The summed E-state index contributed by atoms with van der Waals surface area (Å²) >= 11 is 0. The van der Waals surface area contributed by atoms with Crippen LogP contribution in [0.5, 0.6) is 5.75 Å². The molecule has 3 fully saturated rings. The van der Waals surface area contributed by atoms with E-state index in [2.05, 4.69) is 13.8 Å². The molecule has 3 atom stereocenters. The van der Waals surface area contributed by atoms with Crippen molar-refractivity contribution in [2.75, 3.05) is 12.9 Å². The van der Waals surface area contributed by atoms with Gasteiger partial charge in [0.2, 0.25) is 15.9 Å². The number of fused-ring (bicyclic) bond motifs is 1. The van der Waals surface area contributed by atoms with Crippen LogP contribution in [-0.4, -0.2) is 37.5 Å². The molecule has 2 bridgehead atoms. The van der Waals surface area contributed by atoms with E-state index in [0.717, 1.165) is 30.6 Å². The van der Waals surface area contributed by atoms with Gasteiger partial charge in [0.25, 0.3) is 0 Å². The Labute approximate surface area is 149 Å². The number of nitrogens with zero attached hydrogens (tertiary/aromatic N) is 1. The maximum absolute atomic E-state index is 12.9. The van der Waals surface area contributed by atoms with Gasteiger partial charge in [0, 0.05) is 5.41 Å². The Kier molecular flexibility index (Phi) is 3.53. The minimum Gasteiger partial charge on any atom is -0.497 e. The van der Waals surface area contributed by atoms with Gasteiger partial charge in [0.05, 0.1) is 25.3 Å². The number of amides is 1. The number of benzene rings is 1. The third kappa shape index (κ3) is 2.19. The molecule has 0 radical (unpaired) electrons. The molecule has 1 heterocycles. The molecular formula is C19H25NO4S. The van der Waals surface area contributed by atoms with Crippen LogP contribution in [0.25, 0.3) is 0 Å². The Bertz CT molecular complexity index is 814. The fourth-order valence-corrected chi connectivity index (χ4v) is 8.16.